The van der Waals surface area contributed by atoms with E-state index in [4.69, 9.17) is 10.5 Å². The average molecular weight is 499 g/mol. The van der Waals surface area contributed by atoms with Gasteiger partial charge in [-0.2, -0.15) is 5.10 Å². The lowest BCUT2D eigenvalue weighted by atomic mass is 9.93. The molecule has 0 radical (unpaired) electrons. The summed E-state index contributed by atoms with van der Waals surface area (Å²) in [5.74, 6) is -1.07. The SMILES string of the molecule is CCOC(=O)/C(=C\CN1CCC2C(=O)NN=C2C1)C(/N=C(\N)c1nccs1)c1cccc(F)c1C. The van der Waals surface area contributed by atoms with Crippen LogP contribution in [0.3, 0.4) is 0 Å². The number of nitrogens with one attached hydrogen (secondary N) is 1. The number of ether oxygens (including phenoxy) is 1. The van der Waals surface area contributed by atoms with Gasteiger partial charge in [0.2, 0.25) is 5.91 Å². The zero-order valence-corrected chi connectivity index (χ0v) is 20.3. The topological polar surface area (TPSA) is 122 Å². The van der Waals surface area contributed by atoms with E-state index < -0.39 is 17.8 Å². The van der Waals surface area contributed by atoms with Gasteiger partial charge in [-0.15, -0.1) is 11.3 Å². The third kappa shape index (κ3) is 5.46. The zero-order valence-electron chi connectivity index (χ0n) is 19.5. The van der Waals surface area contributed by atoms with Gasteiger partial charge in [0.25, 0.3) is 0 Å². The largest absolute Gasteiger partial charge is 0.463 e. The molecule has 1 aromatic heterocycles. The quantitative estimate of drug-likeness (QED) is 0.249. The van der Waals surface area contributed by atoms with Crippen molar-refractivity contribution in [1.82, 2.24) is 15.3 Å². The van der Waals surface area contributed by atoms with Gasteiger partial charge < -0.3 is 10.5 Å². The number of amides is 1. The van der Waals surface area contributed by atoms with Crippen molar-refractivity contribution in [3.05, 3.63) is 63.4 Å². The number of rotatable bonds is 8. The maximum Gasteiger partial charge on any atom is 0.336 e. The van der Waals surface area contributed by atoms with E-state index in [9.17, 15) is 14.0 Å². The van der Waals surface area contributed by atoms with Crippen molar-refractivity contribution in [1.29, 1.82) is 0 Å². The minimum atomic E-state index is -0.891. The molecule has 2 aliphatic rings. The maximum atomic E-state index is 14.5. The number of aliphatic imine (C=N–C) groups is 1. The maximum absolute atomic E-state index is 14.5. The molecule has 0 aliphatic carbocycles. The summed E-state index contributed by atoms with van der Waals surface area (Å²) in [5.41, 5.74) is 10.7. The van der Waals surface area contributed by atoms with Gasteiger partial charge in [-0.25, -0.2) is 19.6 Å². The molecular weight excluding hydrogens is 471 g/mol. The highest BCUT2D eigenvalue weighted by molar-refractivity contribution is 7.11. The summed E-state index contributed by atoms with van der Waals surface area (Å²) in [6.45, 7) is 5.10. The van der Waals surface area contributed by atoms with Crippen molar-refractivity contribution in [3.63, 3.8) is 0 Å². The number of fused-ring (bicyclic) bond motifs is 1. The number of esters is 1. The number of carbonyl (C=O) groups excluding carboxylic acids is 2. The third-order valence-corrected chi connectivity index (χ3v) is 6.84. The van der Waals surface area contributed by atoms with Crippen LogP contribution in [0, 0.1) is 18.7 Å². The van der Waals surface area contributed by atoms with Gasteiger partial charge in [-0.3, -0.25) is 14.7 Å². The number of aromatic nitrogens is 1. The second kappa shape index (κ2) is 10.9. The molecule has 0 spiro atoms. The first-order valence-electron chi connectivity index (χ1n) is 11.3. The summed E-state index contributed by atoms with van der Waals surface area (Å²) in [5, 5.41) is 6.41. The Hall–Kier alpha value is -3.44. The number of benzene rings is 1. The molecule has 2 unspecified atom stereocenters. The van der Waals surface area contributed by atoms with Crippen LogP contribution in [-0.4, -0.2) is 59.5 Å². The van der Waals surface area contributed by atoms with Crippen LogP contribution in [0.5, 0.6) is 0 Å². The van der Waals surface area contributed by atoms with E-state index in [1.807, 2.05) is 0 Å². The van der Waals surface area contributed by atoms with E-state index in [-0.39, 0.29) is 29.8 Å². The number of hydrogen-bond acceptors (Lipinski definition) is 8. The Bertz CT molecular complexity index is 1190. The highest BCUT2D eigenvalue weighted by Crippen LogP contribution is 2.31. The number of carbonyl (C=O) groups is 2. The molecule has 2 aliphatic heterocycles. The van der Waals surface area contributed by atoms with Crippen LogP contribution in [0.2, 0.25) is 0 Å². The number of hydrazone groups is 1. The van der Waals surface area contributed by atoms with Gasteiger partial charge in [-0.05, 0) is 44.0 Å². The molecular formula is C24H27FN6O3S. The number of halogens is 1. The van der Waals surface area contributed by atoms with Crippen LogP contribution < -0.4 is 11.2 Å². The lowest BCUT2D eigenvalue weighted by molar-refractivity contribution is -0.138. The summed E-state index contributed by atoms with van der Waals surface area (Å²) in [6.07, 6.45) is 4.01. The molecule has 1 saturated heterocycles. The van der Waals surface area contributed by atoms with Crippen LogP contribution in [0.15, 0.2) is 51.5 Å². The third-order valence-electron chi connectivity index (χ3n) is 6.05. The number of piperidine rings is 1. The monoisotopic (exact) mass is 498 g/mol. The average Bonchev–Trinajstić information content (AvgIpc) is 3.51. The molecule has 3 heterocycles. The predicted molar refractivity (Wildman–Crippen MR) is 132 cm³/mol. The molecule has 0 bridgehead atoms. The van der Waals surface area contributed by atoms with Crippen LogP contribution in [0.4, 0.5) is 4.39 Å². The van der Waals surface area contributed by atoms with Crippen molar-refractivity contribution in [2.24, 2.45) is 21.7 Å². The number of likely N-dealkylation sites (tertiary alicyclic amines) is 1. The van der Waals surface area contributed by atoms with Gasteiger partial charge in [0.15, 0.2) is 10.8 Å². The fourth-order valence-electron chi connectivity index (χ4n) is 4.17. The molecule has 184 valence electrons. The van der Waals surface area contributed by atoms with E-state index >= 15 is 0 Å². The molecule has 0 saturated carbocycles. The molecule has 9 nitrogen and oxygen atoms in total. The van der Waals surface area contributed by atoms with E-state index in [0.29, 0.717) is 42.2 Å². The fraction of sp³-hybridized carbons (Fsp3) is 0.375. The summed E-state index contributed by atoms with van der Waals surface area (Å²) >= 11 is 1.32. The Morgan fingerprint density at radius 1 is 1.49 bits per heavy atom. The highest BCUT2D eigenvalue weighted by Gasteiger charge is 2.35. The molecule has 4 rings (SSSR count). The van der Waals surface area contributed by atoms with Crippen molar-refractivity contribution in [3.8, 4) is 0 Å². The zero-order chi connectivity index (χ0) is 24.9. The van der Waals surface area contributed by atoms with Gasteiger partial charge in [0.1, 0.15) is 11.9 Å². The first-order valence-corrected chi connectivity index (χ1v) is 12.2. The molecule has 3 N–H and O–H groups in total. The normalized spacial score (nSPS) is 19.7. The summed E-state index contributed by atoms with van der Waals surface area (Å²) in [4.78, 5) is 35.9. The Morgan fingerprint density at radius 2 is 2.31 bits per heavy atom. The van der Waals surface area contributed by atoms with E-state index in [1.165, 1.54) is 17.4 Å². The van der Waals surface area contributed by atoms with Gasteiger partial charge in [0, 0.05) is 24.7 Å². The number of thiazole rings is 1. The van der Waals surface area contributed by atoms with Gasteiger partial charge >= 0.3 is 5.97 Å². The van der Waals surface area contributed by atoms with Crippen molar-refractivity contribution in [2.45, 2.75) is 26.3 Å². The minimum absolute atomic E-state index is 0.0731. The Morgan fingerprint density at radius 3 is 3.06 bits per heavy atom. The molecule has 1 fully saturated rings. The van der Waals surface area contributed by atoms with E-state index in [0.717, 1.165) is 5.71 Å². The van der Waals surface area contributed by atoms with Crippen LogP contribution in [-0.2, 0) is 14.3 Å². The van der Waals surface area contributed by atoms with Crippen molar-refractivity contribution in [2.75, 3.05) is 26.2 Å². The van der Waals surface area contributed by atoms with E-state index in [1.54, 1.807) is 43.6 Å². The second-order valence-electron chi connectivity index (χ2n) is 8.24. The molecule has 35 heavy (non-hydrogen) atoms. The molecule has 11 heteroatoms. The smallest absolute Gasteiger partial charge is 0.336 e. The standard InChI is InChI=1S/C24H27FN6O3S/c1-3-34-24(33)17(8-11-31-10-7-16-19(13-31)29-30-22(16)32)20(15-5-4-6-18(25)14(15)2)28-21(26)23-27-9-12-35-23/h4-6,8-9,12,16,20H,3,7,10-11,13H2,1-2H3,(H2,26,28)(H,30,32)/b17-8-. The Kier molecular flexibility index (Phi) is 7.67. The summed E-state index contributed by atoms with van der Waals surface area (Å²) in [7, 11) is 0. The first-order chi connectivity index (χ1) is 16.9. The van der Waals surface area contributed by atoms with Gasteiger partial charge in [-0.1, -0.05) is 18.2 Å². The first kappa shape index (κ1) is 24.7. The van der Waals surface area contributed by atoms with E-state index in [2.05, 4.69) is 25.4 Å². The number of amidine groups is 1. The number of nitrogens with two attached hydrogens (primary N) is 1. The van der Waals surface area contributed by atoms with Gasteiger partial charge in [0.05, 0.1) is 23.8 Å². The predicted octanol–water partition coefficient (Wildman–Crippen LogP) is 2.33. The molecule has 2 atom stereocenters. The van der Waals surface area contributed by atoms with Crippen LogP contribution >= 0.6 is 11.3 Å². The minimum Gasteiger partial charge on any atom is -0.463 e. The second-order valence-corrected chi connectivity index (χ2v) is 9.14. The Balaban J connectivity index is 1.70. The fourth-order valence-corrected chi connectivity index (χ4v) is 4.72. The molecule has 1 amide bonds. The lowest BCUT2D eigenvalue weighted by Crippen LogP contribution is -2.42. The van der Waals surface area contributed by atoms with Crippen LogP contribution in [0.25, 0.3) is 0 Å². The summed E-state index contributed by atoms with van der Waals surface area (Å²) in [6, 6.07) is 3.78. The van der Waals surface area contributed by atoms with Crippen LogP contribution in [0.1, 0.15) is 35.5 Å². The van der Waals surface area contributed by atoms with Crippen molar-refractivity contribution < 1.29 is 18.7 Å². The molecule has 2 aromatic rings. The Labute approximate surface area is 206 Å². The number of nitrogens with zero attached hydrogens (tertiary/aromatic N) is 4. The van der Waals surface area contributed by atoms with Crippen molar-refractivity contribution >= 4 is 34.8 Å². The molecule has 1 aromatic carbocycles. The highest BCUT2D eigenvalue weighted by atomic mass is 32.1. The summed E-state index contributed by atoms with van der Waals surface area (Å²) < 4.78 is 19.9. The number of hydrogen-bond donors (Lipinski definition) is 2. The lowest BCUT2D eigenvalue weighted by Gasteiger charge is -2.28.